The first-order valence-electron chi connectivity index (χ1n) is 35.7. The molecule has 16 aromatic rings. The average Bonchev–Trinajstić information content (AvgIpc) is 0.757. The number of carbonyl (C=O) groups excluding carboxylic acids is 2. The van der Waals surface area contributed by atoms with E-state index in [1.54, 1.807) is 0 Å². The lowest BCUT2D eigenvalue weighted by molar-refractivity contribution is -0.146. The lowest BCUT2D eigenvalue weighted by Crippen LogP contribution is -2.17. The van der Waals surface area contributed by atoms with Crippen LogP contribution in [0.15, 0.2) is 400 Å². The third-order valence-electron chi connectivity index (χ3n) is 19.3. The molecule has 0 aliphatic heterocycles. The van der Waals surface area contributed by atoms with E-state index in [0.29, 0.717) is 11.1 Å². The van der Waals surface area contributed by atoms with Crippen LogP contribution in [0, 0.1) is 0 Å². The maximum Gasteiger partial charge on any atom is 0.303 e. The fraction of sp³-hybridized carbons (Fsp3) is 0.0600. The number of rotatable bonds is 17. The Kier molecular flexibility index (Phi) is 22.0. The first-order valence-corrected chi connectivity index (χ1v) is 35.7. The standard InChI is InChI=1S/C36H30O4.C32H26O2.C32H22/c1-25(37)39-35(31-21-17-29(18-22-31)27-11-5-3-6-12-27)33-15-9-10-16-34(33)36(40-26(2)38)32-23-19-30(20-24-32)28-13-7-4-8-14-28;33-31(27-19-15-25(16-20-27)23-9-3-1-4-10-23)29-13-7-8-14-30(29)32(34)28-21-17-26(18-22-28)24-11-5-2-6-12-24;1-3-9-23(10-4-1)25-15-17-26(18-16-25)32-30-14-8-7-13-28(30)21-29-20-19-27(22-31(29)32)24-11-5-2-6-12-24/h3-24,35-36H,1-2H3;1-22,31-34H;1-22H. The number of benzene rings is 16. The molecule has 0 bridgehead atoms. The summed E-state index contributed by atoms with van der Waals surface area (Å²) in [6, 6.07) is 136. The number of ether oxygens (including phenoxy) is 2. The second kappa shape index (κ2) is 33.3. The molecule has 4 atom stereocenters. The number of esters is 2. The lowest BCUT2D eigenvalue weighted by Gasteiger charge is -2.26. The first kappa shape index (κ1) is 70.0. The molecular formula is C100H78O6. The molecule has 6 heteroatoms. The van der Waals surface area contributed by atoms with Gasteiger partial charge in [-0.15, -0.1) is 0 Å². The Morgan fingerprint density at radius 3 is 0.811 bits per heavy atom. The smallest absolute Gasteiger partial charge is 0.303 e. The number of carbonyl (C=O) groups is 2. The normalized spacial score (nSPS) is 12.1. The van der Waals surface area contributed by atoms with E-state index < -0.39 is 36.4 Å². The summed E-state index contributed by atoms with van der Waals surface area (Å²) in [6.07, 6.45) is -3.03. The zero-order valence-corrected chi connectivity index (χ0v) is 58.9. The van der Waals surface area contributed by atoms with E-state index >= 15 is 0 Å². The van der Waals surface area contributed by atoms with Gasteiger partial charge in [0.1, 0.15) is 12.2 Å². The van der Waals surface area contributed by atoms with E-state index in [1.807, 2.05) is 218 Å². The monoisotopic (exact) mass is 1370 g/mol. The number of hydrogen-bond donors (Lipinski definition) is 2. The van der Waals surface area contributed by atoms with Crippen molar-refractivity contribution in [3.8, 4) is 77.9 Å². The molecule has 6 nitrogen and oxygen atoms in total. The Hall–Kier alpha value is -13.1. The van der Waals surface area contributed by atoms with Crippen molar-refractivity contribution < 1.29 is 29.3 Å². The minimum atomic E-state index is -0.834. The molecule has 2 N–H and O–H groups in total. The SMILES string of the molecule is CC(=O)OC(c1ccc(-c2ccccc2)cc1)c1ccccc1C(OC(C)=O)c1ccc(-c2ccccc2)cc1.OC(c1ccc(-c2ccccc2)cc1)c1ccccc1C(O)c1ccc(-c2ccccc2)cc1.c1ccc(-c2ccc(-c3c4ccccc4cc4ccc(-c5ccccc5)cc34)cc2)cc1. The molecule has 0 aliphatic rings. The molecule has 16 rings (SSSR count). The molecule has 0 amide bonds. The number of hydrogen-bond acceptors (Lipinski definition) is 6. The van der Waals surface area contributed by atoms with Crippen molar-refractivity contribution in [2.24, 2.45) is 0 Å². The van der Waals surface area contributed by atoms with Gasteiger partial charge in [0.25, 0.3) is 0 Å². The van der Waals surface area contributed by atoms with Gasteiger partial charge in [-0.3, -0.25) is 9.59 Å². The molecule has 0 saturated carbocycles. The van der Waals surface area contributed by atoms with Gasteiger partial charge in [0.15, 0.2) is 12.2 Å². The summed E-state index contributed by atoms with van der Waals surface area (Å²) in [5.74, 6) is -0.800. The fourth-order valence-electron chi connectivity index (χ4n) is 13.9. The van der Waals surface area contributed by atoms with Crippen LogP contribution >= 0.6 is 0 Å². The van der Waals surface area contributed by atoms with Crippen molar-refractivity contribution in [1.29, 1.82) is 0 Å². The predicted octanol–water partition coefficient (Wildman–Crippen LogP) is 24.5. The molecular weight excluding hydrogens is 1300 g/mol. The van der Waals surface area contributed by atoms with E-state index in [4.69, 9.17) is 9.47 Å². The van der Waals surface area contributed by atoms with Crippen LogP contribution in [0.3, 0.4) is 0 Å². The van der Waals surface area contributed by atoms with E-state index in [1.165, 1.54) is 68.8 Å². The quantitative estimate of drug-likeness (QED) is 0.0697. The minimum Gasteiger partial charge on any atom is -0.453 e. The van der Waals surface area contributed by atoms with Crippen molar-refractivity contribution >= 4 is 33.5 Å². The van der Waals surface area contributed by atoms with Crippen LogP contribution in [0.5, 0.6) is 0 Å². The fourth-order valence-corrected chi connectivity index (χ4v) is 13.9. The molecule has 0 aromatic heterocycles. The van der Waals surface area contributed by atoms with Gasteiger partial charge in [-0.25, -0.2) is 0 Å². The van der Waals surface area contributed by atoms with Crippen molar-refractivity contribution in [2.75, 3.05) is 0 Å². The van der Waals surface area contributed by atoms with E-state index in [-0.39, 0.29) is 0 Å². The predicted molar refractivity (Wildman–Crippen MR) is 433 cm³/mol. The van der Waals surface area contributed by atoms with Crippen LogP contribution in [-0.2, 0) is 19.1 Å². The molecule has 514 valence electrons. The second-order valence-corrected chi connectivity index (χ2v) is 26.2. The molecule has 4 unspecified atom stereocenters. The zero-order valence-electron chi connectivity index (χ0n) is 58.9. The van der Waals surface area contributed by atoms with Crippen LogP contribution in [0.4, 0.5) is 0 Å². The maximum atomic E-state index is 12.3. The van der Waals surface area contributed by atoms with Crippen LogP contribution in [0.25, 0.3) is 99.4 Å². The number of aliphatic hydroxyl groups is 2. The second-order valence-electron chi connectivity index (χ2n) is 26.2. The molecule has 0 aliphatic carbocycles. The molecule has 0 radical (unpaired) electrons. The van der Waals surface area contributed by atoms with E-state index in [2.05, 4.69) is 182 Å². The largest absolute Gasteiger partial charge is 0.453 e. The summed E-state index contributed by atoms with van der Waals surface area (Å²) in [4.78, 5) is 24.6. The Morgan fingerprint density at radius 1 is 0.226 bits per heavy atom. The van der Waals surface area contributed by atoms with Crippen LogP contribution in [0.2, 0.25) is 0 Å². The molecule has 0 heterocycles. The summed E-state index contributed by atoms with van der Waals surface area (Å²) >= 11 is 0. The summed E-state index contributed by atoms with van der Waals surface area (Å²) in [7, 11) is 0. The van der Waals surface area contributed by atoms with Gasteiger partial charge in [-0.05, 0) is 145 Å². The Bertz CT molecular complexity index is 5330. The molecule has 0 spiro atoms. The highest BCUT2D eigenvalue weighted by atomic mass is 16.5. The summed E-state index contributed by atoms with van der Waals surface area (Å²) < 4.78 is 11.8. The van der Waals surface area contributed by atoms with Crippen molar-refractivity contribution in [1.82, 2.24) is 0 Å². The molecule has 0 saturated heterocycles. The first-order chi connectivity index (χ1) is 52.1. The Labute approximate surface area is 620 Å². The Morgan fingerprint density at radius 2 is 0.472 bits per heavy atom. The van der Waals surface area contributed by atoms with Gasteiger partial charge in [0.2, 0.25) is 0 Å². The summed E-state index contributed by atoms with van der Waals surface area (Å²) in [6.45, 7) is 2.81. The third kappa shape index (κ3) is 16.5. The van der Waals surface area contributed by atoms with Gasteiger partial charge in [-0.1, -0.05) is 388 Å². The lowest BCUT2D eigenvalue weighted by atomic mass is 9.89. The van der Waals surface area contributed by atoms with Gasteiger partial charge in [-0.2, -0.15) is 0 Å². The Balaban J connectivity index is 0.000000134. The number of fused-ring (bicyclic) bond motifs is 2. The highest BCUT2D eigenvalue weighted by Crippen LogP contribution is 2.42. The van der Waals surface area contributed by atoms with Crippen molar-refractivity contribution in [3.05, 3.63) is 445 Å². The van der Waals surface area contributed by atoms with Crippen LogP contribution in [0.1, 0.15) is 82.8 Å². The van der Waals surface area contributed by atoms with Crippen molar-refractivity contribution in [2.45, 2.75) is 38.3 Å². The van der Waals surface area contributed by atoms with Gasteiger partial charge in [0, 0.05) is 25.0 Å². The van der Waals surface area contributed by atoms with Crippen LogP contribution < -0.4 is 0 Å². The van der Waals surface area contributed by atoms with Gasteiger partial charge in [0.05, 0.1) is 0 Å². The molecule has 16 aromatic carbocycles. The molecule has 0 fully saturated rings. The zero-order chi connectivity index (χ0) is 72.6. The van der Waals surface area contributed by atoms with Crippen molar-refractivity contribution in [3.63, 3.8) is 0 Å². The van der Waals surface area contributed by atoms with Gasteiger partial charge < -0.3 is 19.7 Å². The summed E-state index contributed by atoms with van der Waals surface area (Å²) in [5, 5.41) is 27.5. The van der Waals surface area contributed by atoms with E-state index in [9.17, 15) is 19.8 Å². The van der Waals surface area contributed by atoms with Gasteiger partial charge >= 0.3 is 11.9 Å². The number of aliphatic hydroxyl groups excluding tert-OH is 2. The maximum absolute atomic E-state index is 12.3. The summed E-state index contributed by atoms with van der Waals surface area (Å²) in [5.41, 5.74) is 22.5. The highest BCUT2D eigenvalue weighted by Gasteiger charge is 2.28. The van der Waals surface area contributed by atoms with Crippen LogP contribution in [-0.4, -0.2) is 22.2 Å². The highest BCUT2D eigenvalue weighted by molar-refractivity contribution is 6.13. The topological polar surface area (TPSA) is 93.1 Å². The third-order valence-corrected chi connectivity index (χ3v) is 19.3. The molecule has 106 heavy (non-hydrogen) atoms. The van der Waals surface area contributed by atoms with E-state index in [0.717, 1.165) is 77.9 Å². The average molecular weight is 1380 g/mol. The minimum absolute atomic E-state index is 0.400.